The second-order valence-electron chi connectivity index (χ2n) is 5.64. The van der Waals surface area contributed by atoms with Crippen LogP contribution in [-0.2, 0) is 6.54 Å². The Morgan fingerprint density at radius 2 is 1.65 bits per heavy atom. The quantitative estimate of drug-likeness (QED) is 0.817. The van der Waals surface area contributed by atoms with E-state index >= 15 is 0 Å². The van der Waals surface area contributed by atoms with Crippen LogP contribution in [0.15, 0.2) is 48.5 Å². The largest absolute Gasteiger partial charge is 0.333 e. The van der Waals surface area contributed by atoms with E-state index in [1.54, 1.807) is 4.90 Å². The van der Waals surface area contributed by atoms with Gasteiger partial charge in [0.1, 0.15) is 0 Å². The third-order valence-corrected chi connectivity index (χ3v) is 3.49. The summed E-state index contributed by atoms with van der Waals surface area (Å²) in [6.45, 7) is 1.61. The van der Waals surface area contributed by atoms with Crippen molar-refractivity contribution in [1.29, 1.82) is 0 Å². The summed E-state index contributed by atoms with van der Waals surface area (Å²) < 4.78 is 26.4. The Balaban J connectivity index is 2.20. The molecule has 0 unspecified atom stereocenters. The summed E-state index contributed by atoms with van der Waals surface area (Å²) in [5, 5.41) is 0. The minimum atomic E-state index is -1.01. The Morgan fingerprint density at radius 1 is 0.957 bits per heavy atom. The van der Waals surface area contributed by atoms with Gasteiger partial charge < -0.3 is 9.80 Å². The molecule has 5 heteroatoms. The molecule has 1 amide bonds. The molecule has 0 aliphatic heterocycles. The number of likely N-dealkylation sites (N-methyl/N-ethyl adjacent to an activating group) is 1. The molecule has 0 radical (unpaired) electrons. The number of amides is 1. The zero-order valence-electron chi connectivity index (χ0n) is 13.3. The number of hydrogen-bond acceptors (Lipinski definition) is 2. The van der Waals surface area contributed by atoms with Crippen LogP contribution in [0.3, 0.4) is 0 Å². The predicted molar refractivity (Wildman–Crippen MR) is 86.1 cm³/mol. The van der Waals surface area contributed by atoms with E-state index in [0.717, 1.165) is 17.7 Å². The molecule has 0 aromatic heterocycles. The molecule has 0 heterocycles. The summed E-state index contributed by atoms with van der Waals surface area (Å²) in [5.41, 5.74) is 1.14. The van der Waals surface area contributed by atoms with Crippen LogP contribution < -0.4 is 0 Å². The van der Waals surface area contributed by atoms with Crippen LogP contribution in [0.25, 0.3) is 0 Å². The Morgan fingerprint density at radius 3 is 2.26 bits per heavy atom. The lowest BCUT2D eigenvalue weighted by Crippen LogP contribution is -2.36. The van der Waals surface area contributed by atoms with Gasteiger partial charge in [-0.1, -0.05) is 30.3 Å². The molecule has 0 aliphatic carbocycles. The third kappa shape index (κ3) is 4.86. The maximum atomic E-state index is 13.4. The Hall–Kier alpha value is -2.27. The summed E-state index contributed by atoms with van der Waals surface area (Å²) in [5.74, 6) is -2.28. The minimum Gasteiger partial charge on any atom is -0.333 e. The van der Waals surface area contributed by atoms with Crippen LogP contribution in [0, 0.1) is 11.6 Å². The van der Waals surface area contributed by atoms with Gasteiger partial charge in [0.25, 0.3) is 5.91 Å². The first kappa shape index (κ1) is 17.1. The molecule has 0 bridgehead atoms. The maximum absolute atomic E-state index is 13.4. The van der Waals surface area contributed by atoms with Crippen molar-refractivity contribution in [1.82, 2.24) is 9.80 Å². The molecule has 0 atom stereocenters. The van der Waals surface area contributed by atoms with Gasteiger partial charge >= 0.3 is 0 Å². The fraction of sp³-hybridized carbons (Fsp3) is 0.278. The highest BCUT2D eigenvalue weighted by Crippen LogP contribution is 2.13. The Labute approximate surface area is 135 Å². The van der Waals surface area contributed by atoms with Gasteiger partial charge in [0.15, 0.2) is 11.6 Å². The summed E-state index contributed by atoms with van der Waals surface area (Å²) in [6, 6.07) is 12.8. The van der Waals surface area contributed by atoms with E-state index in [4.69, 9.17) is 0 Å². The molecule has 2 aromatic rings. The first-order valence-electron chi connectivity index (χ1n) is 7.40. The average Bonchev–Trinajstić information content (AvgIpc) is 2.54. The van der Waals surface area contributed by atoms with Gasteiger partial charge in [-0.05, 0) is 37.9 Å². The maximum Gasteiger partial charge on any atom is 0.254 e. The van der Waals surface area contributed by atoms with Crippen LogP contribution in [0.2, 0.25) is 0 Å². The van der Waals surface area contributed by atoms with Crippen molar-refractivity contribution >= 4 is 5.91 Å². The molecular formula is C18H20F2N2O. The number of benzene rings is 2. The van der Waals surface area contributed by atoms with Gasteiger partial charge in [0.2, 0.25) is 0 Å². The highest BCUT2D eigenvalue weighted by Gasteiger charge is 2.18. The molecule has 2 aromatic carbocycles. The van der Waals surface area contributed by atoms with Crippen LogP contribution in [0.5, 0.6) is 0 Å². The molecular weight excluding hydrogens is 298 g/mol. The van der Waals surface area contributed by atoms with Gasteiger partial charge in [-0.2, -0.15) is 0 Å². The molecule has 0 spiro atoms. The van der Waals surface area contributed by atoms with E-state index in [1.165, 1.54) is 6.07 Å². The van der Waals surface area contributed by atoms with Crippen LogP contribution in [-0.4, -0.2) is 42.9 Å². The van der Waals surface area contributed by atoms with Crippen LogP contribution >= 0.6 is 0 Å². The van der Waals surface area contributed by atoms with Crippen molar-refractivity contribution in [3.63, 3.8) is 0 Å². The SMILES string of the molecule is CN(C)CCN(Cc1ccccc1)C(=O)c1ccc(F)c(F)c1. The first-order chi connectivity index (χ1) is 11.0. The van der Waals surface area contributed by atoms with Crippen molar-refractivity contribution in [2.75, 3.05) is 27.2 Å². The van der Waals surface area contributed by atoms with Gasteiger partial charge in [0.05, 0.1) is 0 Å². The molecule has 0 aliphatic rings. The number of carbonyl (C=O) groups excluding carboxylic acids is 1. The third-order valence-electron chi connectivity index (χ3n) is 3.49. The van der Waals surface area contributed by atoms with E-state index in [9.17, 15) is 13.6 Å². The van der Waals surface area contributed by atoms with Crippen molar-refractivity contribution in [3.8, 4) is 0 Å². The van der Waals surface area contributed by atoms with E-state index in [0.29, 0.717) is 19.6 Å². The number of rotatable bonds is 6. The second-order valence-corrected chi connectivity index (χ2v) is 5.64. The topological polar surface area (TPSA) is 23.6 Å². The van der Waals surface area contributed by atoms with E-state index < -0.39 is 11.6 Å². The standard InChI is InChI=1S/C18H20F2N2O/c1-21(2)10-11-22(13-14-6-4-3-5-7-14)18(23)15-8-9-16(19)17(20)12-15/h3-9,12H,10-11,13H2,1-2H3. The smallest absolute Gasteiger partial charge is 0.254 e. The molecule has 122 valence electrons. The zero-order valence-corrected chi connectivity index (χ0v) is 13.3. The fourth-order valence-electron chi connectivity index (χ4n) is 2.19. The first-order valence-corrected chi connectivity index (χ1v) is 7.40. The van der Waals surface area contributed by atoms with Crippen molar-refractivity contribution in [2.45, 2.75) is 6.54 Å². The molecule has 0 fully saturated rings. The van der Waals surface area contributed by atoms with E-state index in [-0.39, 0.29) is 11.5 Å². The van der Waals surface area contributed by atoms with Gasteiger partial charge in [-0.25, -0.2) is 8.78 Å². The molecule has 0 N–H and O–H groups in total. The predicted octanol–water partition coefficient (Wildman–Crippen LogP) is 3.17. The lowest BCUT2D eigenvalue weighted by Gasteiger charge is -2.24. The average molecular weight is 318 g/mol. The molecule has 23 heavy (non-hydrogen) atoms. The van der Waals surface area contributed by atoms with Crippen LogP contribution in [0.1, 0.15) is 15.9 Å². The number of nitrogens with zero attached hydrogens (tertiary/aromatic N) is 2. The molecule has 3 nitrogen and oxygen atoms in total. The lowest BCUT2D eigenvalue weighted by molar-refractivity contribution is 0.0731. The van der Waals surface area contributed by atoms with E-state index in [1.807, 2.05) is 49.3 Å². The summed E-state index contributed by atoms with van der Waals surface area (Å²) in [6.07, 6.45) is 0. The van der Waals surface area contributed by atoms with Crippen LogP contribution in [0.4, 0.5) is 8.78 Å². The normalized spacial score (nSPS) is 10.8. The summed E-state index contributed by atoms with van der Waals surface area (Å²) in [4.78, 5) is 16.3. The Kier molecular flexibility index (Phi) is 5.82. The molecule has 2 rings (SSSR count). The second kappa shape index (κ2) is 7.83. The highest BCUT2D eigenvalue weighted by atomic mass is 19.2. The monoisotopic (exact) mass is 318 g/mol. The summed E-state index contributed by atoms with van der Waals surface area (Å²) in [7, 11) is 3.84. The zero-order chi connectivity index (χ0) is 16.8. The number of carbonyl (C=O) groups is 1. The van der Waals surface area contributed by atoms with Gasteiger partial charge in [0, 0.05) is 25.2 Å². The van der Waals surface area contributed by atoms with Crippen molar-refractivity contribution in [3.05, 3.63) is 71.3 Å². The minimum absolute atomic E-state index is 0.151. The number of halogens is 2. The van der Waals surface area contributed by atoms with Crippen molar-refractivity contribution < 1.29 is 13.6 Å². The van der Waals surface area contributed by atoms with Gasteiger partial charge in [-0.15, -0.1) is 0 Å². The van der Waals surface area contributed by atoms with Crippen molar-refractivity contribution in [2.24, 2.45) is 0 Å². The van der Waals surface area contributed by atoms with E-state index in [2.05, 4.69) is 0 Å². The summed E-state index contributed by atoms with van der Waals surface area (Å²) >= 11 is 0. The molecule has 0 saturated heterocycles. The lowest BCUT2D eigenvalue weighted by atomic mass is 10.1. The Bertz CT molecular complexity index is 659. The molecule has 0 saturated carbocycles. The van der Waals surface area contributed by atoms with Gasteiger partial charge in [-0.3, -0.25) is 4.79 Å². The highest BCUT2D eigenvalue weighted by molar-refractivity contribution is 5.94. The fourth-order valence-corrected chi connectivity index (χ4v) is 2.19. The number of hydrogen-bond donors (Lipinski definition) is 0.